The molecule has 1 aromatic carbocycles. The monoisotopic (exact) mass is 330 g/mol. The highest BCUT2D eigenvalue weighted by Crippen LogP contribution is 2.25. The minimum Gasteiger partial charge on any atom is -0.392 e. The first kappa shape index (κ1) is 16.7. The normalized spacial score (nSPS) is 17.7. The van der Waals surface area contributed by atoms with Crippen molar-refractivity contribution in [3.8, 4) is 0 Å². The van der Waals surface area contributed by atoms with Crippen LogP contribution in [0.1, 0.15) is 41.5 Å². The average Bonchev–Trinajstić information content (AvgIpc) is 3.07. The Morgan fingerprint density at radius 1 is 1.30 bits per heavy atom. The molecular weight excluding hydrogens is 304 g/mol. The highest BCUT2D eigenvalue weighted by atomic mass is 32.1. The van der Waals surface area contributed by atoms with Crippen LogP contribution in [-0.2, 0) is 19.6 Å². The summed E-state index contributed by atoms with van der Waals surface area (Å²) in [5.74, 6) is 0. The molecule has 4 heteroatoms. The Kier molecular flexibility index (Phi) is 5.49. The van der Waals surface area contributed by atoms with Gasteiger partial charge in [0.1, 0.15) is 0 Å². The summed E-state index contributed by atoms with van der Waals surface area (Å²) in [6, 6.07) is 11.3. The largest absolute Gasteiger partial charge is 0.392 e. The zero-order valence-corrected chi connectivity index (χ0v) is 14.8. The molecule has 1 aromatic heterocycles. The quantitative estimate of drug-likeness (QED) is 0.853. The molecule has 0 saturated carbocycles. The van der Waals surface area contributed by atoms with Crippen LogP contribution in [0.3, 0.4) is 0 Å². The fraction of sp³-hybridized carbons (Fsp3) is 0.474. The number of fused-ring (bicyclic) bond motifs is 1. The van der Waals surface area contributed by atoms with Gasteiger partial charge in [-0.05, 0) is 48.4 Å². The summed E-state index contributed by atoms with van der Waals surface area (Å²) in [6.07, 6.45) is 1.19. The van der Waals surface area contributed by atoms with Crippen molar-refractivity contribution >= 4 is 11.3 Å². The van der Waals surface area contributed by atoms with Crippen LogP contribution in [0.25, 0.3) is 0 Å². The summed E-state index contributed by atoms with van der Waals surface area (Å²) in [4.78, 5) is 4.13. The van der Waals surface area contributed by atoms with Crippen molar-refractivity contribution in [3.63, 3.8) is 0 Å². The Morgan fingerprint density at radius 3 is 3.00 bits per heavy atom. The number of thiophene rings is 1. The fourth-order valence-corrected chi connectivity index (χ4v) is 4.09. The topological polar surface area (TPSA) is 35.5 Å². The Bertz CT molecular complexity index is 640. The van der Waals surface area contributed by atoms with E-state index in [-0.39, 0.29) is 6.61 Å². The summed E-state index contributed by atoms with van der Waals surface area (Å²) in [6.45, 7) is 7.82. The van der Waals surface area contributed by atoms with Crippen LogP contribution in [0.5, 0.6) is 0 Å². The standard InChI is InChI=1S/C19H26N2OS/c1-14(21-8-6-19-18(12-21)7-9-23-19)11-20-15(2)17-5-3-4-16(10-17)13-22/h3-5,7,9-10,14-15,20,22H,6,8,11-13H2,1-2H3. The molecule has 2 unspecified atom stereocenters. The first-order valence-corrected chi connectivity index (χ1v) is 9.27. The van der Waals surface area contributed by atoms with E-state index in [0.29, 0.717) is 12.1 Å². The molecule has 23 heavy (non-hydrogen) atoms. The van der Waals surface area contributed by atoms with Crippen molar-refractivity contribution in [1.82, 2.24) is 10.2 Å². The summed E-state index contributed by atoms with van der Waals surface area (Å²) in [5, 5.41) is 15.1. The van der Waals surface area contributed by atoms with Gasteiger partial charge in [0.25, 0.3) is 0 Å². The second-order valence-electron chi connectivity index (χ2n) is 6.47. The van der Waals surface area contributed by atoms with Crippen molar-refractivity contribution in [3.05, 3.63) is 57.3 Å². The van der Waals surface area contributed by atoms with Crippen LogP contribution in [0.4, 0.5) is 0 Å². The third kappa shape index (κ3) is 4.01. The first-order chi connectivity index (χ1) is 11.2. The van der Waals surface area contributed by atoms with Crippen molar-refractivity contribution in [1.29, 1.82) is 0 Å². The molecule has 2 aromatic rings. The second kappa shape index (κ2) is 7.58. The molecule has 0 aliphatic carbocycles. The van der Waals surface area contributed by atoms with E-state index in [1.54, 1.807) is 4.88 Å². The Morgan fingerprint density at radius 2 is 2.17 bits per heavy atom. The van der Waals surface area contributed by atoms with Crippen LogP contribution in [0.2, 0.25) is 0 Å². The van der Waals surface area contributed by atoms with E-state index in [4.69, 9.17) is 0 Å². The third-order valence-electron chi connectivity index (χ3n) is 4.81. The lowest BCUT2D eigenvalue weighted by Gasteiger charge is -2.33. The number of nitrogens with one attached hydrogen (secondary N) is 1. The Hall–Kier alpha value is -1.20. The van der Waals surface area contributed by atoms with Gasteiger partial charge < -0.3 is 10.4 Å². The number of benzene rings is 1. The van der Waals surface area contributed by atoms with Gasteiger partial charge >= 0.3 is 0 Å². The zero-order valence-electron chi connectivity index (χ0n) is 14.0. The zero-order chi connectivity index (χ0) is 16.2. The molecule has 0 fully saturated rings. The Balaban J connectivity index is 1.53. The highest BCUT2D eigenvalue weighted by Gasteiger charge is 2.21. The van der Waals surface area contributed by atoms with Gasteiger partial charge in [0, 0.05) is 36.6 Å². The lowest BCUT2D eigenvalue weighted by molar-refractivity contribution is 0.185. The Labute approximate surface area is 143 Å². The van der Waals surface area contributed by atoms with Crippen molar-refractivity contribution < 1.29 is 5.11 Å². The van der Waals surface area contributed by atoms with Crippen LogP contribution < -0.4 is 5.32 Å². The van der Waals surface area contributed by atoms with Gasteiger partial charge in [-0.2, -0.15) is 0 Å². The maximum atomic E-state index is 9.27. The maximum absolute atomic E-state index is 9.27. The third-order valence-corrected chi connectivity index (χ3v) is 5.84. The average molecular weight is 330 g/mol. The molecule has 3 nitrogen and oxygen atoms in total. The molecule has 1 aliphatic rings. The van der Waals surface area contributed by atoms with E-state index < -0.39 is 0 Å². The number of rotatable bonds is 6. The maximum Gasteiger partial charge on any atom is 0.0681 e. The molecule has 0 spiro atoms. The van der Waals surface area contributed by atoms with E-state index >= 15 is 0 Å². The summed E-state index contributed by atoms with van der Waals surface area (Å²) in [7, 11) is 0. The van der Waals surface area contributed by atoms with Crippen LogP contribution in [0, 0.1) is 0 Å². The predicted octanol–water partition coefficient (Wildman–Crippen LogP) is 3.34. The lowest BCUT2D eigenvalue weighted by Crippen LogP contribution is -2.43. The molecule has 0 amide bonds. The molecule has 3 rings (SSSR count). The van der Waals surface area contributed by atoms with Gasteiger partial charge in [0.2, 0.25) is 0 Å². The van der Waals surface area contributed by atoms with Gasteiger partial charge in [-0.25, -0.2) is 0 Å². The summed E-state index contributed by atoms with van der Waals surface area (Å²) < 4.78 is 0. The van der Waals surface area contributed by atoms with Crippen molar-refractivity contribution in [2.45, 2.75) is 45.5 Å². The van der Waals surface area contributed by atoms with Gasteiger partial charge in [-0.3, -0.25) is 4.90 Å². The smallest absolute Gasteiger partial charge is 0.0681 e. The van der Waals surface area contributed by atoms with E-state index in [9.17, 15) is 5.11 Å². The van der Waals surface area contributed by atoms with Gasteiger partial charge in [0.05, 0.1) is 6.61 Å². The highest BCUT2D eigenvalue weighted by molar-refractivity contribution is 7.10. The van der Waals surface area contributed by atoms with Crippen LogP contribution in [0.15, 0.2) is 35.7 Å². The molecule has 2 N–H and O–H groups in total. The number of nitrogens with zero attached hydrogens (tertiary/aromatic N) is 1. The molecular formula is C19H26N2OS. The second-order valence-corrected chi connectivity index (χ2v) is 7.47. The molecule has 124 valence electrons. The number of hydrogen-bond acceptors (Lipinski definition) is 4. The molecule has 0 saturated heterocycles. The molecule has 2 atom stereocenters. The minimum atomic E-state index is 0.105. The number of aliphatic hydroxyl groups excluding tert-OH is 1. The van der Waals surface area contributed by atoms with Crippen molar-refractivity contribution in [2.24, 2.45) is 0 Å². The molecule has 2 heterocycles. The van der Waals surface area contributed by atoms with E-state index in [2.05, 4.69) is 47.6 Å². The SMILES string of the molecule is CC(NCC(C)N1CCc2sccc2C1)c1cccc(CO)c1. The molecule has 1 aliphatic heterocycles. The summed E-state index contributed by atoms with van der Waals surface area (Å²) >= 11 is 1.90. The minimum absolute atomic E-state index is 0.105. The van der Waals surface area contributed by atoms with E-state index in [1.165, 1.54) is 17.5 Å². The van der Waals surface area contributed by atoms with Crippen LogP contribution in [-0.4, -0.2) is 29.1 Å². The van der Waals surface area contributed by atoms with Gasteiger partial charge in [-0.1, -0.05) is 24.3 Å². The fourth-order valence-electron chi connectivity index (χ4n) is 3.20. The lowest BCUT2D eigenvalue weighted by atomic mass is 10.0. The van der Waals surface area contributed by atoms with Gasteiger partial charge in [0.15, 0.2) is 0 Å². The molecule has 0 radical (unpaired) electrons. The van der Waals surface area contributed by atoms with E-state index in [0.717, 1.165) is 25.2 Å². The van der Waals surface area contributed by atoms with Crippen molar-refractivity contribution in [2.75, 3.05) is 13.1 Å². The van der Waals surface area contributed by atoms with E-state index in [1.807, 2.05) is 23.5 Å². The van der Waals surface area contributed by atoms with Gasteiger partial charge in [-0.15, -0.1) is 11.3 Å². The number of hydrogen-bond donors (Lipinski definition) is 2. The molecule has 0 bridgehead atoms. The summed E-state index contributed by atoms with van der Waals surface area (Å²) in [5.41, 5.74) is 3.73. The first-order valence-electron chi connectivity index (χ1n) is 8.39. The predicted molar refractivity (Wildman–Crippen MR) is 96.7 cm³/mol. The van der Waals surface area contributed by atoms with Crippen LogP contribution >= 0.6 is 11.3 Å². The number of aliphatic hydroxyl groups is 1.